The van der Waals surface area contributed by atoms with E-state index in [2.05, 4.69) is 4.74 Å². The molecule has 0 amide bonds. The standard InChI is InChI=1S/C10H8ClNO2/c1-14-10(13)9(11)8-4-2-7(6-12)3-5-8/h2-5,9H,1H3. The van der Waals surface area contributed by atoms with Gasteiger partial charge in [-0.05, 0) is 17.7 Å². The second-order valence-electron chi connectivity index (χ2n) is 2.62. The van der Waals surface area contributed by atoms with Gasteiger partial charge < -0.3 is 4.74 Å². The van der Waals surface area contributed by atoms with E-state index < -0.39 is 11.3 Å². The van der Waals surface area contributed by atoms with Crippen molar-refractivity contribution in [3.05, 3.63) is 35.4 Å². The molecule has 0 spiro atoms. The van der Waals surface area contributed by atoms with Crippen molar-refractivity contribution in [2.24, 2.45) is 0 Å². The molecule has 0 N–H and O–H groups in total. The molecule has 4 heteroatoms. The summed E-state index contributed by atoms with van der Waals surface area (Å²) >= 11 is 5.79. The molecule has 0 saturated heterocycles. The number of benzene rings is 1. The van der Waals surface area contributed by atoms with E-state index >= 15 is 0 Å². The van der Waals surface area contributed by atoms with E-state index in [-0.39, 0.29) is 0 Å². The van der Waals surface area contributed by atoms with Gasteiger partial charge in [-0.1, -0.05) is 12.1 Å². The van der Waals surface area contributed by atoms with Crippen molar-refractivity contribution in [1.29, 1.82) is 5.26 Å². The molecular formula is C10H8ClNO2. The van der Waals surface area contributed by atoms with Gasteiger partial charge in [-0.25, -0.2) is 0 Å². The monoisotopic (exact) mass is 209 g/mol. The number of nitriles is 1. The normalized spacial score (nSPS) is 11.5. The summed E-state index contributed by atoms with van der Waals surface area (Å²) in [6.07, 6.45) is 0. The summed E-state index contributed by atoms with van der Waals surface area (Å²) in [5, 5.41) is 7.74. The van der Waals surface area contributed by atoms with Crippen molar-refractivity contribution >= 4 is 17.6 Å². The van der Waals surface area contributed by atoms with Gasteiger partial charge in [0, 0.05) is 0 Å². The lowest BCUT2D eigenvalue weighted by atomic mass is 10.1. The molecule has 0 bridgehead atoms. The van der Waals surface area contributed by atoms with Crippen molar-refractivity contribution in [3.63, 3.8) is 0 Å². The Morgan fingerprint density at radius 2 is 2.07 bits per heavy atom. The van der Waals surface area contributed by atoms with Crippen molar-refractivity contribution in [2.45, 2.75) is 5.38 Å². The molecule has 0 aliphatic carbocycles. The summed E-state index contributed by atoms with van der Waals surface area (Å²) in [7, 11) is 1.28. The SMILES string of the molecule is COC(=O)C(Cl)c1ccc(C#N)cc1. The molecule has 3 nitrogen and oxygen atoms in total. The Hall–Kier alpha value is -1.53. The second kappa shape index (κ2) is 4.64. The van der Waals surface area contributed by atoms with Gasteiger partial charge in [-0.15, -0.1) is 11.6 Å². The molecule has 0 aromatic heterocycles. The Morgan fingerprint density at radius 1 is 1.50 bits per heavy atom. The van der Waals surface area contributed by atoms with Crippen LogP contribution in [0, 0.1) is 11.3 Å². The molecule has 0 aliphatic heterocycles. The number of carbonyl (C=O) groups is 1. The molecular weight excluding hydrogens is 202 g/mol. The van der Waals surface area contributed by atoms with E-state index in [1.54, 1.807) is 24.3 Å². The van der Waals surface area contributed by atoms with E-state index in [4.69, 9.17) is 16.9 Å². The molecule has 0 aliphatic rings. The van der Waals surface area contributed by atoms with Gasteiger partial charge in [-0.2, -0.15) is 5.26 Å². The number of esters is 1. The quantitative estimate of drug-likeness (QED) is 0.553. The van der Waals surface area contributed by atoms with Crippen molar-refractivity contribution in [3.8, 4) is 6.07 Å². The summed E-state index contributed by atoms with van der Waals surface area (Å²) in [5.74, 6) is -0.503. The van der Waals surface area contributed by atoms with E-state index in [0.717, 1.165) is 0 Å². The first kappa shape index (κ1) is 10.6. The Morgan fingerprint density at radius 3 is 2.50 bits per heavy atom. The summed E-state index contributed by atoms with van der Waals surface area (Å²) in [6.45, 7) is 0. The van der Waals surface area contributed by atoms with Crippen LogP contribution in [0.2, 0.25) is 0 Å². The van der Waals surface area contributed by atoms with Crippen LogP contribution >= 0.6 is 11.6 Å². The molecule has 1 atom stereocenters. The maximum absolute atomic E-state index is 11.0. The average molecular weight is 210 g/mol. The number of rotatable bonds is 2. The van der Waals surface area contributed by atoms with Crippen molar-refractivity contribution < 1.29 is 9.53 Å². The molecule has 1 unspecified atom stereocenters. The van der Waals surface area contributed by atoms with Crippen LogP contribution in [0.1, 0.15) is 16.5 Å². The predicted molar refractivity (Wildman–Crippen MR) is 51.8 cm³/mol. The molecule has 1 aromatic rings. The minimum atomic E-state index is -0.812. The van der Waals surface area contributed by atoms with Gasteiger partial charge in [0.2, 0.25) is 0 Å². The Bertz CT molecular complexity index is 367. The lowest BCUT2D eigenvalue weighted by Crippen LogP contribution is -2.08. The van der Waals surface area contributed by atoms with Crippen LogP contribution in [0.5, 0.6) is 0 Å². The van der Waals surface area contributed by atoms with Gasteiger partial charge >= 0.3 is 5.97 Å². The Balaban J connectivity index is 2.88. The van der Waals surface area contributed by atoms with Crippen molar-refractivity contribution in [2.75, 3.05) is 7.11 Å². The Labute approximate surface area is 86.9 Å². The lowest BCUT2D eigenvalue weighted by Gasteiger charge is -2.06. The van der Waals surface area contributed by atoms with Gasteiger partial charge in [-0.3, -0.25) is 4.79 Å². The average Bonchev–Trinajstić information content (AvgIpc) is 2.27. The minimum Gasteiger partial charge on any atom is -0.468 e. The summed E-state index contributed by atoms with van der Waals surface area (Å²) < 4.78 is 4.49. The molecule has 72 valence electrons. The topological polar surface area (TPSA) is 50.1 Å². The third kappa shape index (κ3) is 2.24. The van der Waals surface area contributed by atoms with Crippen molar-refractivity contribution in [1.82, 2.24) is 0 Å². The molecule has 1 aromatic carbocycles. The third-order valence-corrected chi connectivity index (χ3v) is 2.17. The van der Waals surface area contributed by atoms with Crippen LogP contribution in [0.4, 0.5) is 0 Å². The molecule has 0 saturated carbocycles. The van der Waals surface area contributed by atoms with E-state index in [1.807, 2.05) is 6.07 Å². The smallest absolute Gasteiger partial charge is 0.328 e. The van der Waals surface area contributed by atoms with Gasteiger partial charge in [0.25, 0.3) is 0 Å². The van der Waals surface area contributed by atoms with Gasteiger partial charge in [0.05, 0.1) is 18.7 Å². The highest BCUT2D eigenvalue weighted by molar-refractivity contribution is 6.29. The Kier molecular flexibility index (Phi) is 3.49. The zero-order chi connectivity index (χ0) is 10.6. The second-order valence-corrected chi connectivity index (χ2v) is 3.06. The summed E-state index contributed by atoms with van der Waals surface area (Å²) in [4.78, 5) is 11.0. The fraction of sp³-hybridized carbons (Fsp3) is 0.200. The number of alkyl halides is 1. The van der Waals surface area contributed by atoms with E-state index in [1.165, 1.54) is 7.11 Å². The maximum Gasteiger partial charge on any atom is 0.328 e. The number of methoxy groups -OCH3 is 1. The van der Waals surface area contributed by atoms with E-state index in [9.17, 15) is 4.79 Å². The zero-order valence-electron chi connectivity index (χ0n) is 7.53. The third-order valence-electron chi connectivity index (χ3n) is 1.74. The number of hydrogen-bond donors (Lipinski definition) is 0. The first-order valence-corrected chi connectivity index (χ1v) is 4.34. The van der Waals surface area contributed by atoms with Crippen LogP contribution in [0.15, 0.2) is 24.3 Å². The van der Waals surface area contributed by atoms with Crippen LogP contribution in [-0.4, -0.2) is 13.1 Å². The fourth-order valence-electron chi connectivity index (χ4n) is 0.966. The summed E-state index contributed by atoms with van der Waals surface area (Å²) in [5.41, 5.74) is 1.15. The highest BCUT2D eigenvalue weighted by atomic mass is 35.5. The predicted octanol–water partition coefficient (Wildman–Crippen LogP) is 2.01. The highest BCUT2D eigenvalue weighted by Crippen LogP contribution is 2.21. The minimum absolute atomic E-state index is 0.503. The van der Waals surface area contributed by atoms with Crippen LogP contribution in [0.3, 0.4) is 0 Å². The molecule has 1 rings (SSSR count). The number of hydrogen-bond acceptors (Lipinski definition) is 3. The molecule has 0 heterocycles. The highest BCUT2D eigenvalue weighted by Gasteiger charge is 2.17. The number of halogens is 1. The molecule has 0 radical (unpaired) electrons. The van der Waals surface area contributed by atoms with Crippen LogP contribution in [0.25, 0.3) is 0 Å². The maximum atomic E-state index is 11.0. The number of nitrogens with zero attached hydrogens (tertiary/aromatic N) is 1. The van der Waals surface area contributed by atoms with Gasteiger partial charge in [0.1, 0.15) is 0 Å². The van der Waals surface area contributed by atoms with Crippen LogP contribution < -0.4 is 0 Å². The first-order valence-electron chi connectivity index (χ1n) is 3.91. The van der Waals surface area contributed by atoms with E-state index in [0.29, 0.717) is 11.1 Å². The first-order chi connectivity index (χ1) is 6.69. The fourth-order valence-corrected chi connectivity index (χ4v) is 1.20. The zero-order valence-corrected chi connectivity index (χ0v) is 8.28. The number of ether oxygens (including phenoxy) is 1. The largest absolute Gasteiger partial charge is 0.468 e. The molecule has 0 fully saturated rings. The van der Waals surface area contributed by atoms with Crippen LogP contribution in [-0.2, 0) is 9.53 Å². The van der Waals surface area contributed by atoms with Gasteiger partial charge in [0.15, 0.2) is 5.38 Å². The molecule has 14 heavy (non-hydrogen) atoms. The summed E-state index contributed by atoms with van der Waals surface area (Å²) in [6, 6.07) is 8.45. The lowest BCUT2D eigenvalue weighted by molar-refractivity contribution is -0.140. The number of carbonyl (C=O) groups excluding carboxylic acids is 1.